The Morgan fingerprint density at radius 1 is 1.07 bits per heavy atom. The molecule has 2 N–H and O–H groups in total. The quantitative estimate of drug-likeness (QED) is 0.354. The Bertz CT molecular complexity index is 888. The van der Waals surface area contributed by atoms with Gasteiger partial charge in [-0.1, -0.05) is 18.2 Å². The summed E-state index contributed by atoms with van der Waals surface area (Å²) in [6.45, 7) is 2.86. The molecule has 0 amide bonds. The molecule has 1 fully saturated rings. The first-order valence-corrected chi connectivity index (χ1v) is 9.85. The number of aliphatic imine (C=N–C) groups is 1. The van der Waals surface area contributed by atoms with Crippen LogP contribution in [0.1, 0.15) is 24.0 Å². The van der Waals surface area contributed by atoms with Gasteiger partial charge in [-0.15, -0.1) is 24.0 Å². The summed E-state index contributed by atoms with van der Waals surface area (Å²) in [4.78, 5) is 4.34. The Labute approximate surface area is 193 Å². The molecule has 0 spiro atoms. The molecule has 2 aliphatic rings. The minimum Gasteiger partial charge on any atom is -0.454 e. The van der Waals surface area contributed by atoms with E-state index in [1.54, 1.807) is 19.2 Å². The number of rotatable bonds is 5. The summed E-state index contributed by atoms with van der Waals surface area (Å²) in [6.07, 6.45) is 1.67. The molecule has 0 radical (unpaired) electrons. The number of hydrogen-bond donors (Lipinski definition) is 2. The summed E-state index contributed by atoms with van der Waals surface area (Å²) in [7, 11) is 1.74. The first kappa shape index (κ1) is 22.6. The molecule has 2 heterocycles. The van der Waals surface area contributed by atoms with Crippen molar-refractivity contribution < 1.29 is 18.6 Å². The zero-order chi connectivity index (χ0) is 20.1. The molecule has 0 aromatic heterocycles. The van der Waals surface area contributed by atoms with Gasteiger partial charge in [0.05, 0.1) is 0 Å². The standard InChI is InChI=1S/C22H26FN3O3.HI/c1-24-21(25-13-16-5-6-19-20(11-16)29-15-28-19)26-14-22(7-9-27-10-8-22)17-3-2-4-18(23)12-17;/h2-6,11-12H,7-10,13-15H2,1H3,(H2,24,25,26);1H. The lowest BCUT2D eigenvalue weighted by Crippen LogP contribution is -2.48. The topological polar surface area (TPSA) is 64.1 Å². The number of guanidine groups is 1. The van der Waals surface area contributed by atoms with Crippen LogP contribution < -0.4 is 20.1 Å². The lowest BCUT2D eigenvalue weighted by Gasteiger charge is -2.38. The summed E-state index contributed by atoms with van der Waals surface area (Å²) in [5.41, 5.74) is 1.89. The second kappa shape index (κ2) is 10.3. The number of fused-ring (bicyclic) bond motifs is 1. The smallest absolute Gasteiger partial charge is 0.231 e. The minimum absolute atomic E-state index is 0. The monoisotopic (exact) mass is 527 g/mol. The molecule has 0 aliphatic carbocycles. The van der Waals surface area contributed by atoms with Gasteiger partial charge in [0, 0.05) is 38.8 Å². The highest BCUT2D eigenvalue weighted by Gasteiger charge is 2.35. The number of nitrogens with zero attached hydrogens (tertiary/aromatic N) is 1. The molecule has 162 valence electrons. The maximum absolute atomic E-state index is 13.9. The predicted octanol–water partition coefficient (Wildman–Crippen LogP) is 3.59. The third-order valence-corrected chi connectivity index (χ3v) is 5.60. The fraction of sp³-hybridized carbons (Fsp3) is 0.409. The average molecular weight is 527 g/mol. The summed E-state index contributed by atoms with van der Waals surface area (Å²) in [6, 6.07) is 12.8. The van der Waals surface area contributed by atoms with E-state index in [2.05, 4.69) is 15.6 Å². The van der Waals surface area contributed by atoms with Crippen LogP contribution in [-0.2, 0) is 16.7 Å². The molecule has 2 aromatic carbocycles. The molecule has 0 bridgehead atoms. The van der Waals surface area contributed by atoms with Crippen molar-refractivity contribution in [3.63, 3.8) is 0 Å². The van der Waals surface area contributed by atoms with Crippen molar-refractivity contribution in [2.45, 2.75) is 24.8 Å². The van der Waals surface area contributed by atoms with E-state index < -0.39 is 0 Å². The van der Waals surface area contributed by atoms with E-state index in [1.165, 1.54) is 6.07 Å². The normalized spacial score (nSPS) is 17.2. The average Bonchev–Trinajstić information content (AvgIpc) is 3.22. The van der Waals surface area contributed by atoms with Crippen LogP contribution in [0.25, 0.3) is 0 Å². The van der Waals surface area contributed by atoms with Gasteiger partial charge >= 0.3 is 0 Å². The molecule has 0 saturated carbocycles. The van der Waals surface area contributed by atoms with E-state index in [4.69, 9.17) is 14.2 Å². The molecule has 2 aliphatic heterocycles. The Morgan fingerprint density at radius 3 is 2.63 bits per heavy atom. The summed E-state index contributed by atoms with van der Waals surface area (Å²) >= 11 is 0. The van der Waals surface area contributed by atoms with E-state index in [9.17, 15) is 4.39 Å². The van der Waals surface area contributed by atoms with Crippen LogP contribution >= 0.6 is 24.0 Å². The highest BCUT2D eigenvalue weighted by molar-refractivity contribution is 14.0. The highest BCUT2D eigenvalue weighted by atomic mass is 127. The number of halogens is 2. The van der Waals surface area contributed by atoms with E-state index in [0.717, 1.165) is 35.5 Å². The predicted molar refractivity (Wildman–Crippen MR) is 124 cm³/mol. The van der Waals surface area contributed by atoms with Gasteiger partial charge in [-0.05, 0) is 48.2 Å². The zero-order valence-electron chi connectivity index (χ0n) is 16.9. The highest BCUT2D eigenvalue weighted by Crippen LogP contribution is 2.35. The van der Waals surface area contributed by atoms with E-state index >= 15 is 0 Å². The van der Waals surface area contributed by atoms with Crippen LogP contribution in [0.2, 0.25) is 0 Å². The molecule has 6 nitrogen and oxygen atoms in total. The van der Waals surface area contributed by atoms with E-state index in [0.29, 0.717) is 32.3 Å². The SMILES string of the molecule is CN=C(NCc1ccc2c(c1)OCO2)NCC1(c2cccc(F)c2)CCOCC1.I. The van der Waals surface area contributed by atoms with Gasteiger partial charge in [-0.2, -0.15) is 0 Å². The van der Waals surface area contributed by atoms with Gasteiger partial charge in [0.15, 0.2) is 17.5 Å². The molecule has 4 rings (SSSR count). The Morgan fingerprint density at radius 2 is 1.87 bits per heavy atom. The maximum atomic E-state index is 13.9. The largest absolute Gasteiger partial charge is 0.454 e. The van der Waals surface area contributed by atoms with Gasteiger partial charge in [-0.25, -0.2) is 4.39 Å². The van der Waals surface area contributed by atoms with Crippen molar-refractivity contribution in [3.05, 3.63) is 59.4 Å². The van der Waals surface area contributed by atoms with E-state index in [-0.39, 0.29) is 42.0 Å². The fourth-order valence-corrected chi connectivity index (χ4v) is 3.86. The van der Waals surface area contributed by atoms with Crippen molar-refractivity contribution in [3.8, 4) is 11.5 Å². The third kappa shape index (κ3) is 5.15. The second-order valence-electron chi connectivity index (χ2n) is 7.37. The van der Waals surface area contributed by atoms with Crippen LogP contribution in [0.5, 0.6) is 11.5 Å². The van der Waals surface area contributed by atoms with Crippen molar-refractivity contribution in [2.24, 2.45) is 4.99 Å². The molecule has 8 heteroatoms. The first-order chi connectivity index (χ1) is 14.2. The number of ether oxygens (including phenoxy) is 3. The lowest BCUT2D eigenvalue weighted by atomic mass is 9.74. The molecular formula is C22H27FIN3O3. The van der Waals surface area contributed by atoms with Crippen LogP contribution in [0.15, 0.2) is 47.5 Å². The van der Waals surface area contributed by atoms with Crippen LogP contribution in [0.4, 0.5) is 4.39 Å². The van der Waals surface area contributed by atoms with Crippen molar-refractivity contribution in [1.82, 2.24) is 10.6 Å². The summed E-state index contributed by atoms with van der Waals surface area (Å²) in [5.74, 6) is 2.02. The molecule has 0 atom stereocenters. The van der Waals surface area contributed by atoms with Crippen molar-refractivity contribution in [1.29, 1.82) is 0 Å². The van der Waals surface area contributed by atoms with Crippen molar-refractivity contribution >= 4 is 29.9 Å². The lowest BCUT2D eigenvalue weighted by molar-refractivity contribution is 0.0513. The van der Waals surface area contributed by atoms with Gasteiger partial charge in [0.2, 0.25) is 6.79 Å². The maximum Gasteiger partial charge on any atom is 0.231 e. The first-order valence-electron chi connectivity index (χ1n) is 9.85. The Kier molecular flexibility index (Phi) is 7.76. The van der Waals surface area contributed by atoms with Gasteiger partial charge in [-0.3, -0.25) is 4.99 Å². The summed E-state index contributed by atoms with van der Waals surface area (Å²) < 4.78 is 30.2. The third-order valence-electron chi connectivity index (χ3n) is 5.60. The molecule has 1 saturated heterocycles. The summed E-state index contributed by atoms with van der Waals surface area (Å²) in [5, 5.41) is 6.76. The van der Waals surface area contributed by atoms with Crippen LogP contribution in [0.3, 0.4) is 0 Å². The van der Waals surface area contributed by atoms with Gasteiger partial charge in [0.25, 0.3) is 0 Å². The Hall–Kier alpha value is -2.07. The zero-order valence-corrected chi connectivity index (χ0v) is 19.3. The van der Waals surface area contributed by atoms with Gasteiger partial charge in [0.1, 0.15) is 5.82 Å². The van der Waals surface area contributed by atoms with Gasteiger partial charge < -0.3 is 24.8 Å². The number of nitrogens with one attached hydrogen (secondary N) is 2. The second-order valence-corrected chi connectivity index (χ2v) is 7.37. The minimum atomic E-state index is -0.210. The van der Waals surface area contributed by atoms with Crippen LogP contribution in [-0.4, -0.2) is 39.6 Å². The molecular weight excluding hydrogens is 500 g/mol. The Balaban J connectivity index is 0.00000256. The van der Waals surface area contributed by atoms with Crippen molar-refractivity contribution in [2.75, 3.05) is 33.6 Å². The van der Waals surface area contributed by atoms with Crippen LogP contribution in [0, 0.1) is 5.82 Å². The van der Waals surface area contributed by atoms with E-state index in [1.807, 2.05) is 24.3 Å². The fourth-order valence-electron chi connectivity index (χ4n) is 3.86. The molecule has 2 aromatic rings. The number of benzene rings is 2. The number of hydrogen-bond acceptors (Lipinski definition) is 4. The molecule has 0 unspecified atom stereocenters. The molecule has 30 heavy (non-hydrogen) atoms.